The van der Waals surface area contributed by atoms with Crippen molar-refractivity contribution in [3.05, 3.63) is 12.2 Å². The molecule has 2 fully saturated rings. The number of rotatable bonds is 8. The van der Waals surface area contributed by atoms with Gasteiger partial charge in [-0.2, -0.15) is 0 Å². The van der Waals surface area contributed by atoms with Crippen molar-refractivity contribution in [1.29, 1.82) is 0 Å². The molecular formula is C16H26O4. The van der Waals surface area contributed by atoms with Crippen LogP contribution in [0.1, 0.15) is 45.4 Å². The molecule has 1 saturated heterocycles. The maximum Gasteiger partial charge on any atom is 0.333 e. The summed E-state index contributed by atoms with van der Waals surface area (Å²) < 4.78 is 16.6. The summed E-state index contributed by atoms with van der Waals surface area (Å²) in [7, 11) is 1.40. The fourth-order valence-corrected chi connectivity index (χ4v) is 3.16. The fraction of sp³-hybridized carbons (Fsp3) is 0.812. The highest BCUT2D eigenvalue weighted by Crippen LogP contribution is 2.55. The molecule has 0 bridgehead atoms. The summed E-state index contributed by atoms with van der Waals surface area (Å²) in [6.45, 7) is 7.38. The van der Waals surface area contributed by atoms with E-state index in [0.29, 0.717) is 18.8 Å². The number of carbonyl (C=O) groups is 1. The van der Waals surface area contributed by atoms with Crippen LogP contribution >= 0.6 is 0 Å². The van der Waals surface area contributed by atoms with Crippen molar-refractivity contribution in [2.45, 2.75) is 51.2 Å². The van der Waals surface area contributed by atoms with E-state index in [-0.39, 0.29) is 17.8 Å². The number of methoxy groups -OCH3 is 1. The highest BCUT2D eigenvalue weighted by atomic mass is 16.7. The molecule has 0 aromatic carbocycles. The van der Waals surface area contributed by atoms with Gasteiger partial charge < -0.3 is 14.2 Å². The smallest absolute Gasteiger partial charge is 0.333 e. The van der Waals surface area contributed by atoms with Gasteiger partial charge in [-0.3, -0.25) is 0 Å². The molecule has 1 aliphatic carbocycles. The molecule has 2 aliphatic rings. The topological polar surface area (TPSA) is 44.8 Å². The normalized spacial score (nSPS) is 27.3. The van der Waals surface area contributed by atoms with Gasteiger partial charge in [-0.05, 0) is 18.8 Å². The van der Waals surface area contributed by atoms with Crippen LogP contribution in [0.2, 0.25) is 0 Å². The average Bonchev–Trinajstić information content (AvgIpc) is 3.14. The van der Waals surface area contributed by atoms with Crippen molar-refractivity contribution < 1.29 is 19.0 Å². The number of ether oxygens (including phenoxy) is 3. The quantitative estimate of drug-likeness (QED) is 0.390. The first kappa shape index (κ1) is 15.5. The Morgan fingerprint density at radius 3 is 2.60 bits per heavy atom. The van der Waals surface area contributed by atoms with Gasteiger partial charge in [-0.25, -0.2) is 4.79 Å². The molecule has 2 atom stereocenters. The molecule has 1 heterocycles. The Hall–Kier alpha value is -0.870. The van der Waals surface area contributed by atoms with Crippen molar-refractivity contribution in [2.24, 2.45) is 11.8 Å². The predicted molar refractivity (Wildman–Crippen MR) is 76.1 cm³/mol. The zero-order valence-corrected chi connectivity index (χ0v) is 12.7. The van der Waals surface area contributed by atoms with E-state index >= 15 is 0 Å². The maximum atomic E-state index is 11.6. The predicted octanol–water partition coefficient (Wildman–Crippen LogP) is 3.07. The highest BCUT2D eigenvalue weighted by molar-refractivity contribution is 5.88. The van der Waals surface area contributed by atoms with E-state index in [1.807, 2.05) is 0 Å². The van der Waals surface area contributed by atoms with Crippen LogP contribution in [0.15, 0.2) is 12.2 Å². The minimum Gasteiger partial charge on any atom is -0.466 e. The number of unbranched alkanes of at least 4 members (excludes halogenated alkanes) is 3. The lowest BCUT2D eigenvalue weighted by molar-refractivity contribution is -0.181. The number of hydrogen-bond acceptors (Lipinski definition) is 4. The second-order valence-electron chi connectivity index (χ2n) is 5.78. The second kappa shape index (κ2) is 6.72. The van der Waals surface area contributed by atoms with Crippen LogP contribution in [0.3, 0.4) is 0 Å². The minimum absolute atomic E-state index is 0.159. The first-order valence-corrected chi connectivity index (χ1v) is 7.69. The molecule has 4 nitrogen and oxygen atoms in total. The van der Waals surface area contributed by atoms with Crippen molar-refractivity contribution in [3.63, 3.8) is 0 Å². The summed E-state index contributed by atoms with van der Waals surface area (Å²) in [6.07, 6.45) is 6.63. The molecule has 2 rings (SSSR count). The maximum absolute atomic E-state index is 11.6. The van der Waals surface area contributed by atoms with Crippen LogP contribution in [0.25, 0.3) is 0 Å². The van der Waals surface area contributed by atoms with Gasteiger partial charge in [0.15, 0.2) is 5.79 Å². The van der Waals surface area contributed by atoms with E-state index in [9.17, 15) is 4.79 Å². The lowest BCUT2D eigenvalue weighted by Gasteiger charge is -2.28. The molecule has 1 saturated carbocycles. The zero-order chi connectivity index (χ0) is 14.6. The van der Waals surface area contributed by atoms with Crippen molar-refractivity contribution in [1.82, 2.24) is 0 Å². The first-order valence-electron chi connectivity index (χ1n) is 7.69. The van der Waals surface area contributed by atoms with Gasteiger partial charge in [0, 0.05) is 17.9 Å². The Balaban J connectivity index is 1.90. The van der Waals surface area contributed by atoms with E-state index < -0.39 is 5.79 Å². The largest absolute Gasteiger partial charge is 0.466 e. The van der Waals surface area contributed by atoms with Crippen LogP contribution in [0.5, 0.6) is 0 Å². The molecule has 0 N–H and O–H groups in total. The van der Waals surface area contributed by atoms with Crippen LogP contribution in [0, 0.1) is 11.8 Å². The van der Waals surface area contributed by atoms with Crippen LogP contribution in [-0.2, 0) is 19.0 Å². The molecule has 114 valence electrons. The Kier molecular flexibility index (Phi) is 5.22. The second-order valence-corrected chi connectivity index (χ2v) is 5.78. The SMILES string of the molecule is C=C(C(=O)OC)C1CC1C1(CCCCCC)OCCO1. The van der Waals surface area contributed by atoms with Crippen molar-refractivity contribution in [2.75, 3.05) is 20.3 Å². The number of carbonyl (C=O) groups excluding carboxylic acids is 1. The molecule has 0 aromatic heterocycles. The molecule has 0 radical (unpaired) electrons. The van der Waals surface area contributed by atoms with E-state index in [4.69, 9.17) is 14.2 Å². The van der Waals surface area contributed by atoms with E-state index in [2.05, 4.69) is 13.5 Å². The fourth-order valence-electron chi connectivity index (χ4n) is 3.16. The van der Waals surface area contributed by atoms with Crippen LogP contribution in [0.4, 0.5) is 0 Å². The Morgan fingerprint density at radius 2 is 2.00 bits per heavy atom. The number of esters is 1. The van der Waals surface area contributed by atoms with E-state index in [1.54, 1.807) is 0 Å². The third kappa shape index (κ3) is 3.23. The third-order valence-electron chi connectivity index (χ3n) is 4.41. The van der Waals surface area contributed by atoms with Crippen LogP contribution in [-0.4, -0.2) is 32.1 Å². The third-order valence-corrected chi connectivity index (χ3v) is 4.41. The first-order chi connectivity index (χ1) is 9.64. The summed E-state index contributed by atoms with van der Waals surface area (Å²) in [5.41, 5.74) is 0.560. The molecule has 1 aliphatic heterocycles. The highest BCUT2D eigenvalue weighted by Gasteiger charge is 2.57. The van der Waals surface area contributed by atoms with Crippen molar-refractivity contribution >= 4 is 5.97 Å². The Labute approximate surface area is 121 Å². The molecule has 20 heavy (non-hydrogen) atoms. The van der Waals surface area contributed by atoms with Crippen molar-refractivity contribution in [3.8, 4) is 0 Å². The van der Waals surface area contributed by atoms with E-state index in [0.717, 1.165) is 19.3 Å². The van der Waals surface area contributed by atoms with E-state index in [1.165, 1.54) is 26.4 Å². The lowest BCUT2D eigenvalue weighted by Crippen LogP contribution is -2.34. The summed E-state index contributed by atoms with van der Waals surface area (Å²) in [6, 6.07) is 0. The molecule has 0 spiro atoms. The van der Waals surface area contributed by atoms with Crippen LogP contribution < -0.4 is 0 Å². The minimum atomic E-state index is -0.477. The summed E-state index contributed by atoms with van der Waals surface area (Å²) in [4.78, 5) is 11.6. The molecular weight excluding hydrogens is 256 g/mol. The molecule has 0 aromatic rings. The van der Waals surface area contributed by atoms with Gasteiger partial charge in [0.05, 0.1) is 20.3 Å². The molecule has 0 amide bonds. The molecule has 2 unspecified atom stereocenters. The summed E-state index contributed by atoms with van der Waals surface area (Å²) in [5.74, 6) is -0.364. The van der Waals surface area contributed by atoms with Gasteiger partial charge in [0.1, 0.15) is 0 Å². The monoisotopic (exact) mass is 282 g/mol. The summed E-state index contributed by atoms with van der Waals surface area (Å²) >= 11 is 0. The summed E-state index contributed by atoms with van der Waals surface area (Å²) in [5, 5.41) is 0. The zero-order valence-electron chi connectivity index (χ0n) is 12.7. The lowest BCUT2D eigenvalue weighted by atomic mass is 9.99. The van der Waals surface area contributed by atoms with Gasteiger partial charge in [-0.1, -0.05) is 32.8 Å². The standard InChI is InChI=1S/C16H26O4/c1-4-5-6-7-8-16(19-9-10-20-16)14-11-13(14)12(2)15(17)18-3/h13-14H,2,4-11H2,1,3H3. The number of hydrogen-bond donors (Lipinski definition) is 0. The Bertz CT molecular complexity index is 357. The van der Waals surface area contributed by atoms with Gasteiger partial charge in [-0.15, -0.1) is 0 Å². The average molecular weight is 282 g/mol. The van der Waals surface area contributed by atoms with Gasteiger partial charge in [0.25, 0.3) is 0 Å². The molecule has 4 heteroatoms. The van der Waals surface area contributed by atoms with Gasteiger partial charge in [0.2, 0.25) is 0 Å². The Morgan fingerprint density at radius 1 is 1.30 bits per heavy atom. The van der Waals surface area contributed by atoms with Gasteiger partial charge >= 0.3 is 5.97 Å².